The van der Waals surface area contributed by atoms with Crippen molar-refractivity contribution in [2.75, 3.05) is 33.8 Å². The van der Waals surface area contributed by atoms with E-state index in [1.807, 2.05) is 25.1 Å². The third-order valence-corrected chi connectivity index (χ3v) is 6.09. The minimum atomic E-state index is -3.23. The highest BCUT2D eigenvalue weighted by Crippen LogP contribution is 2.25. The molecule has 2 aromatic carbocycles. The maximum Gasteiger partial charge on any atom is 0.319 e. The number of amides is 3. The van der Waals surface area contributed by atoms with Gasteiger partial charge in [0.25, 0.3) is 0 Å². The van der Waals surface area contributed by atoms with Crippen LogP contribution < -0.4 is 20.3 Å². The number of aryl methyl sites for hydroxylation is 1. The van der Waals surface area contributed by atoms with Crippen LogP contribution in [0.3, 0.4) is 0 Å². The molecule has 9 heteroatoms. The molecule has 0 unspecified atom stereocenters. The first-order chi connectivity index (χ1) is 13.3. The van der Waals surface area contributed by atoms with Gasteiger partial charge in [-0.1, -0.05) is 12.1 Å². The summed E-state index contributed by atoms with van der Waals surface area (Å²) in [7, 11) is -3.23. The van der Waals surface area contributed by atoms with Gasteiger partial charge in [0.2, 0.25) is 15.9 Å². The Morgan fingerprint density at radius 1 is 1.04 bits per heavy atom. The zero-order valence-electron chi connectivity index (χ0n) is 15.4. The van der Waals surface area contributed by atoms with Crippen LogP contribution in [0.2, 0.25) is 0 Å². The van der Waals surface area contributed by atoms with Crippen LogP contribution in [0.5, 0.6) is 0 Å². The van der Waals surface area contributed by atoms with E-state index in [9.17, 15) is 18.0 Å². The Kier molecular flexibility index (Phi) is 5.84. The van der Waals surface area contributed by atoms with E-state index in [0.29, 0.717) is 30.0 Å². The Morgan fingerprint density at radius 3 is 2.43 bits per heavy atom. The first-order valence-corrected chi connectivity index (χ1v) is 10.5. The molecule has 1 heterocycles. The maximum absolute atomic E-state index is 12.0. The molecule has 1 aliphatic rings. The second-order valence-corrected chi connectivity index (χ2v) is 8.53. The number of sulfonamides is 1. The van der Waals surface area contributed by atoms with Crippen molar-refractivity contribution in [2.45, 2.75) is 13.3 Å². The summed E-state index contributed by atoms with van der Waals surface area (Å²) < 4.78 is 25.2. The Hall–Kier alpha value is -3.07. The highest BCUT2D eigenvalue weighted by atomic mass is 32.2. The van der Waals surface area contributed by atoms with Gasteiger partial charge in [-0.25, -0.2) is 13.2 Å². The summed E-state index contributed by atoms with van der Waals surface area (Å²) in [5.74, 6) is -0.233. The summed E-state index contributed by atoms with van der Waals surface area (Å²) >= 11 is 0. The predicted octanol–water partition coefficient (Wildman–Crippen LogP) is 2.30. The van der Waals surface area contributed by atoms with E-state index < -0.39 is 16.1 Å². The third-order valence-electron chi connectivity index (χ3n) is 4.22. The van der Waals surface area contributed by atoms with Crippen molar-refractivity contribution in [2.24, 2.45) is 0 Å². The fourth-order valence-corrected chi connectivity index (χ4v) is 4.47. The van der Waals surface area contributed by atoms with Gasteiger partial charge in [0.1, 0.15) is 0 Å². The monoisotopic (exact) mass is 402 g/mol. The van der Waals surface area contributed by atoms with Gasteiger partial charge in [0.05, 0.1) is 18.0 Å². The smallest absolute Gasteiger partial charge is 0.319 e. The molecule has 0 radical (unpaired) electrons. The Labute approximate surface area is 164 Å². The lowest BCUT2D eigenvalue weighted by Crippen LogP contribution is -2.35. The van der Waals surface area contributed by atoms with Crippen molar-refractivity contribution in [3.8, 4) is 0 Å². The van der Waals surface area contributed by atoms with Gasteiger partial charge in [-0.15, -0.1) is 0 Å². The molecule has 1 fully saturated rings. The first kappa shape index (κ1) is 19.7. The topological polar surface area (TPSA) is 108 Å². The maximum atomic E-state index is 12.0. The van der Waals surface area contributed by atoms with Gasteiger partial charge in [-0.3, -0.25) is 9.10 Å². The SMILES string of the molecule is Cc1cccc(NC(=O)NCC(=O)Nc2ccc(N3CCCS3(=O)=O)cc2)c1. The number of carbonyl (C=O) groups is 2. The fraction of sp³-hybridized carbons (Fsp3) is 0.263. The molecule has 148 valence electrons. The molecule has 28 heavy (non-hydrogen) atoms. The van der Waals surface area contributed by atoms with E-state index in [1.165, 1.54) is 4.31 Å². The lowest BCUT2D eigenvalue weighted by Gasteiger charge is -2.17. The highest BCUT2D eigenvalue weighted by molar-refractivity contribution is 7.93. The summed E-state index contributed by atoms with van der Waals surface area (Å²) in [6, 6.07) is 13.4. The first-order valence-electron chi connectivity index (χ1n) is 8.85. The number of benzene rings is 2. The van der Waals surface area contributed by atoms with Gasteiger partial charge in [0, 0.05) is 17.9 Å². The van der Waals surface area contributed by atoms with Crippen LogP contribution in [-0.2, 0) is 14.8 Å². The van der Waals surface area contributed by atoms with E-state index in [1.54, 1.807) is 30.3 Å². The predicted molar refractivity (Wildman–Crippen MR) is 109 cm³/mol. The van der Waals surface area contributed by atoms with Crippen LogP contribution in [0, 0.1) is 6.92 Å². The molecule has 3 N–H and O–H groups in total. The number of hydrogen-bond donors (Lipinski definition) is 3. The molecule has 1 aliphatic heterocycles. The van der Waals surface area contributed by atoms with Crippen LogP contribution in [-0.4, -0.2) is 39.2 Å². The zero-order valence-corrected chi connectivity index (χ0v) is 16.3. The van der Waals surface area contributed by atoms with Gasteiger partial charge in [0.15, 0.2) is 0 Å². The van der Waals surface area contributed by atoms with Gasteiger partial charge in [-0.05, 0) is 55.3 Å². The molecule has 0 aliphatic carbocycles. The quantitative estimate of drug-likeness (QED) is 0.713. The minimum absolute atomic E-state index is 0.155. The molecule has 0 spiro atoms. The Balaban J connectivity index is 1.49. The van der Waals surface area contributed by atoms with Crippen molar-refractivity contribution in [1.82, 2.24) is 5.32 Å². The average Bonchev–Trinajstić information content (AvgIpc) is 3.00. The molecular weight excluding hydrogens is 380 g/mol. The Bertz CT molecular complexity index is 974. The molecule has 2 aromatic rings. The van der Waals surface area contributed by atoms with Crippen LogP contribution >= 0.6 is 0 Å². The summed E-state index contributed by atoms with van der Waals surface area (Å²) in [5.41, 5.74) is 2.75. The van der Waals surface area contributed by atoms with E-state index in [0.717, 1.165) is 5.56 Å². The van der Waals surface area contributed by atoms with Gasteiger partial charge in [-0.2, -0.15) is 0 Å². The highest BCUT2D eigenvalue weighted by Gasteiger charge is 2.28. The molecule has 0 bridgehead atoms. The van der Waals surface area contributed by atoms with Crippen LogP contribution in [0.25, 0.3) is 0 Å². The second kappa shape index (κ2) is 8.30. The van der Waals surface area contributed by atoms with Crippen molar-refractivity contribution in [3.63, 3.8) is 0 Å². The molecule has 3 rings (SSSR count). The minimum Gasteiger partial charge on any atom is -0.329 e. The summed E-state index contributed by atoms with van der Waals surface area (Å²) in [6.07, 6.45) is 0.608. The van der Waals surface area contributed by atoms with Crippen LogP contribution in [0.15, 0.2) is 48.5 Å². The van der Waals surface area contributed by atoms with Crippen molar-refractivity contribution < 1.29 is 18.0 Å². The molecule has 0 aromatic heterocycles. The number of carbonyl (C=O) groups excluding carboxylic acids is 2. The lowest BCUT2D eigenvalue weighted by atomic mass is 10.2. The van der Waals surface area contributed by atoms with Crippen molar-refractivity contribution >= 4 is 39.0 Å². The standard InChI is InChI=1S/C19H22N4O4S/c1-14-4-2-5-16(12-14)22-19(25)20-13-18(24)21-15-6-8-17(9-7-15)23-10-3-11-28(23,26)27/h2,4-9,12H,3,10-11,13H2,1H3,(H,21,24)(H2,20,22,25). The number of hydrogen-bond acceptors (Lipinski definition) is 4. The van der Waals surface area contributed by atoms with E-state index in [4.69, 9.17) is 0 Å². The molecule has 0 saturated carbocycles. The fourth-order valence-electron chi connectivity index (χ4n) is 2.90. The molecule has 8 nitrogen and oxygen atoms in total. The lowest BCUT2D eigenvalue weighted by molar-refractivity contribution is -0.115. The summed E-state index contributed by atoms with van der Waals surface area (Å²) in [4.78, 5) is 23.9. The van der Waals surface area contributed by atoms with Crippen molar-refractivity contribution in [3.05, 3.63) is 54.1 Å². The summed E-state index contributed by atoms with van der Waals surface area (Å²) in [6.45, 7) is 2.19. The molecule has 1 saturated heterocycles. The van der Waals surface area contributed by atoms with Crippen LogP contribution in [0.1, 0.15) is 12.0 Å². The van der Waals surface area contributed by atoms with Crippen LogP contribution in [0.4, 0.5) is 21.9 Å². The summed E-state index contributed by atoms with van der Waals surface area (Å²) in [5, 5.41) is 7.80. The molecule has 3 amide bonds. The normalized spacial score (nSPS) is 15.1. The number of anilines is 3. The van der Waals surface area contributed by atoms with Gasteiger partial charge >= 0.3 is 6.03 Å². The van der Waals surface area contributed by atoms with E-state index in [-0.39, 0.29) is 18.2 Å². The largest absolute Gasteiger partial charge is 0.329 e. The molecule has 0 atom stereocenters. The third kappa shape index (κ3) is 5.01. The average molecular weight is 402 g/mol. The zero-order chi connectivity index (χ0) is 20.1. The number of rotatable bonds is 5. The number of urea groups is 1. The van der Waals surface area contributed by atoms with Gasteiger partial charge < -0.3 is 16.0 Å². The van der Waals surface area contributed by atoms with E-state index in [2.05, 4.69) is 16.0 Å². The van der Waals surface area contributed by atoms with E-state index >= 15 is 0 Å². The van der Waals surface area contributed by atoms with Crippen molar-refractivity contribution in [1.29, 1.82) is 0 Å². The number of nitrogens with zero attached hydrogens (tertiary/aromatic N) is 1. The molecular formula is C19H22N4O4S. The number of nitrogens with one attached hydrogen (secondary N) is 3. The Morgan fingerprint density at radius 2 is 1.79 bits per heavy atom. The second-order valence-electron chi connectivity index (χ2n) is 6.51.